The summed E-state index contributed by atoms with van der Waals surface area (Å²) >= 11 is 1.03. The molecular weight excluding hydrogens is 450 g/mol. The van der Waals surface area contributed by atoms with Gasteiger partial charge in [0.1, 0.15) is 0 Å². The van der Waals surface area contributed by atoms with Crippen molar-refractivity contribution in [2.45, 2.75) is 44.0 Å². The van der Waals surface area contributed by atoms with Gasteiger partial charge < -0.3 is 24.1 Å². The van der Waals surface area contributed by atoms with E-state index in [2.05, 4.69) is 4.98 Å². The number of rotatable bonds is 6. The van der Waals surface area contributed by atoms with Crippen molar-refractivity contribution < 1.29 is 38.4 Å². The molecule has 1 N–H and O–H groups in total. The number of carbonyl (C=O) groups excluding carboxylic acids is 3. The van der Waals surface area contributed by atoms with Gasteiger partial charge in [0.25, 0.3) is 0 Å². The van der Waals surface area contributed by atoms with Crippen LogP contribution in [0.25, 0.3) is 11.1 Å². The molecular formula is C23H25NO8S. The van der Waals surface area contributed by atoms with Crippen LogP contribution in [0, 0.1) is 0 Å². The Morgan fingerprint density at radius 3 is 2.27 bits per heavy atom. The van der Waals surface area contributed by atoms with Gasteiger partial charge in [-0.25, -0.2) is 4.98 Å². The number of methoxy groups -OCH3 is 1. The molecule has 0 amide bonds. The first-order chi connectivity index (χ1) is 15.6. The molecule has 3 rings (SSSR count). The van der Waals surface area contributed by atoms with E-state index in [1.807, 2.05) is 12.1 Å². The molecule has 1 fully saturated rings. The summed E-state index contributed by atoms with van der Waals surface area (Å²) in [6, 6.07) is 10.6. The number of aliphatic hydroxyl groups is 1. The first-order valence-corrected chi connectivity index (χ1v) is 11.1. The number of esters is 3. The Balaban J connectivity index is 2.04. The van der Waals surface area contributed by atoms with Crippen LogP contribution in [0.15, 0.2) is 42.6 Å². The Bertz CT molecular complexity index is 1030. The number of ether oxygens (including phenoxy) is 4. The predicted molar refractivity (Wildman–Crippen MR) is 119 cm³/mol. The molecule has 0 saturated carbocycles. The highest BCUT2D eigenvalue weighted by atomic mass is 32.2. The smallest absolute Gasteiger partial charge is 0.303 e. The summed E-state index contributed by atoms with van der Waals surface area (Å²) in [6.07, 6.45) is -1.80. The topological polar surface area (TPSA) is 121 Å². The minimum atomic E-state index is -1.78. The molecule has 0 spiro atoms. The number of thioether (sulfide) groups is 1. The Labute approximate surface area is 195 Å². The zero-order valence-corrected chi connectivity index (χ0v) is 19.5. The van der Waals surface area contributed by atoms with Gasteiger partial charge in [-0.15, -0.1) is 11.8 Å². The molecule has 0 bridgehead atoms. The molecule has 1 aliphatic heterocycles. The van der Waals surface area contributed by atoms with Gasteiger partial charge in [-0.3, -0.25) is 14.4 Å². The standard InChI is InChI=1S/C23H25NO8S/c1-13(25)30-19-12-33-23(28,22(32-15(3)27)21(19)31-14(2)26)18-7-5-6-16(10-18)17-8-9-20(29-4)24-11-17/h5-11,19,21-22,28H,12H2,1-4H3/t19-,21+,22-,23-/m1/s1. The van der Waals surface area contributed by atoms with Crippen LogP contribution in [-0.4, -0.2) is 59.2 Å². The molecule has 1 saturated heterocycles. The highest BCUT2D eigenvalue weighted by Gasteiger charge is 2.55. The van der Waals surface area contributed by atoms with Crippen molar-refractivity contribution in [2.24, 2.45) is 0 Å². The van der Waals surface area contributed by atoms with E-state index >= 15 is 0 Å². The zero-order chi connectivity index (χ0) is 24.2. The van der Waals surface area contributed by atoms with Crippen LogP contribution in [0.4, 0.5) is 0 Å². The molecule has 0 unspecified atom stereocenters. The molecule has 10 heteroatoms. The highest BCUT2D eigenvalue weighted by molar-refractivity contribution is 8.00. The number of nitrogens with zero attached hydrogens (tertiary/aromatic N) is 1. The average Bonchev–Trinajstić information content (AvgIpc) is 2.77. The summed E-state index contributed by atoms with van der Waals surface area (Å²) in [7, 11) is 1.52. The largest absolute Gasteiger partial charge is 0.481 e. The third-order valence-corrected chi connectivity index (χ3v) is 6.39. The van der Waals surface area contributed by atoms with Gasteiger partial charge in [-0.05, 0) is 23.3 Å². The summed E-state index contributed by atoms with van der Waals surface area (Å²) < 4.78 is 21.2. The molecule has 1 aromatic carbocycles. The van der Waals surface area contributed by atoms with Crippen LogP contribution < -0.4 is 4.74 Å². The summed E-state index contributed by atoms with van der Waals surface area (Å²) in [6.45, 7) is 3.60. The van der Waals surface area contributed by atoms with E-state index in [1.165, 1.54) is 27.9 Å². The van der Waals surface area contributed by atoms with Gasteiger partial charge in [0.05, 0.1) is 7.11 Å². The molecule has 4 atom stereocenters. The fourth-order valence-electron chi connectivity index (χ4n) is 3.61. The van der Waals surface area contributed by atoms with E-state index in [4.69, 9.17) is 18.9 Å². The minimum Gasteiger partial charge on any atom is -0.481 e. The van der Waals surface area contributed by atoms with Crippen LogP contribution >= 0.6 is 11.8 Å². The van der Waals surface area contributed by atoms with E-state index in [0.29, 0.717) is 11.4 Å². The Morgan fingerprint density at radius 1 is 1.00 bits per heavy atom. The van der Waals surface area contributed by atoms with Crippen molar-refractivity contribution in [3.05, 3.63) is 48.2 Å². The second-order valence-electron chi connectivity index (χ2n) is 7.43. The van der Waals surface area contributed by atoms with Crippen molar-refractivity contribution >= 4 is 29.7 Å². The lowest BCUT2D eigenvalue weighted by Gasteiger charge is -2.45. The van der Waals surface area contributed by atoms with E-state index in [0.717, 1.165) is 22.9 Å². The Morgan fingerprint density at radius 2 is 1.70 bits per heavy atom. The lowest BCUT2D eigenvalue weighted by molar-refractivity contribution is -0.197. The first-order valence-electron chi connectivity index (χ1n) is 10.1. The normalized spacial score (nSPS) is 24.5. The fraction of sp³-hybridized carbons (Fsp3) is 0.391. The summed E-state index contributed by atoms with van der Waals surface area (Å²) in [5.41, 5.74) is 1.95. The van der Waals surface area contributed by atoms with Crippen LogP contribution in [0.5, 0.6) is 5.88 Å². The van der Waals surface area contributed by atoms with Crippen LogP contribution in [0.2, 0.25) is 0 Å². The number of hydrogen-bond donors (Lipinski definition) is 1. The van der Waals surface area contributed by atoms with Crippen LogP contribution in [0.3, 0.4) is 0 Å². The number of pyridine rings is 1. The van der Waals surface area contributed by atoms with Crippen molar-refractivity contribution in [1.82, 2.24) is 4.98 Å². The predicted octanol–water partition coefficient (Wildman–Crippen LogP) is 2.44. The van der Waals surface area contributed by atoms with Crippen LogP contribution in [-0.2, 0) is 33.5 Å². The third kappa shape index (κ3) is 5.63. The fourth-order valence-corrected chi connectivity index (χ4v) is 4.93. The molecule has 176 valence electrons. The van der Waals surface area contributed by atoms with Gasteiger partial charge >= 0.3 is 17.9 Å². The average molecular weight is 476 g/mol. The quantitative estimate of drug-likeness (QED) is 0.492. The van der Waals surface area contributed by atoms with Gasteiger partial charge in [0.15, 0.2) is 23.2 Å². The molecule has 33 heavy (non-hydrogen) atoms. The molecule has 0 aliphatic carbocycles. The molecule has 1 aromatic heterocycles. The van der Waals surface area contributed by atoms with E-state index in [9.17, 15) is 19.5 Å². The van der Waals surface area contributed by atoms with Crippen molar-refractivity contribution in [3.8, 4) is 17.0 Å². The van der Waals surface area contributed by atoms with Crippen molar-refractivity contribution in [2.75, 3.05) is 12.9 Å². The number of benzene rings is 1. The van der Waals surface area contributed by atoms with E-state index < -0.39 is 41.2 Å². The second kappa shape index (κ2) is 10.2. The molecule has 1 aliphatic rings. The summed E-state index contributed by atoms with van der Waals surface area (Å²) in [5.74, 6) is -1.36. The monoisotopic (exact) mass is 475 g/mol. The number of hydrogen-bond acceptors (Lipinski definition) is 10. The maximum Gasteiger partial charge on any atom is 0.303 e. The highest BCUT2D eigenvalue weighted by Crippen LogP contribution is 2.47. The van der Waals surface area contributed by atoms with Gasteiger partial charge in [-0.2, -0.15) is 0 Å². The lowest BCUT2D eigenvalue weighted by atomic mass is 9.93. The molecule has 9 nitrogen and oxygen atoms in total. The zero-order valence-electron chi connectivity index (χ0n) is 18.6. The molecule has 2 heterocycles. The van der Waals surface area contributed by atoms with Gasteiger partial charge in [-0.1, -0.05) is 18.2 Å². The number of carbonyl (C=O) groups is 3. The Kier molecular flexibility index (Phi) is 7.60. The van der Waals surface area contributed by atoms with Crippen molar-refractivity contribution in [3.63, 3.8) is 0 Å². The van der Waals surface area contributed by atoms with Crippen molar-refractivity contribution in [1.29, 1.82) is 0 Å². The third-order valence-electron chi connectivity index (χ3n) is 4.99. The number of aromatic nitrogens is 1. The Hall–Kier alpha value is -3.11. The minimum absolute atomic E-state index is 0.111. The maximum atomic E-state index is 11.9. The van der Waals surface area contributed by atoms with Gasteiger partial charge in [0, 0.05) is 44.4 Å². The van der Waals surface area contributed by atoms with Crippen LogP contribution in [0.1, 0.15) is 26.3 Å². The SMILES string of the molecule is COc1ccc(-c2cccc([C@@]3(O)SC[C@@H](OC(C)=O)[C@H](OC(C)=O)[C@H]3OC(C)=O)c2)cn1. The molecule has 0 radical (unpaired) electrons. The molecule has 2 aromatic rings. The second-order valence-corrected chi connectivity index (χ2v) is 8.67. The lowest BCUT2D eigenvalue weighted by Crippen LogP contribution is -2.58. The summed E-state index contributed by atoms with van der Waals surface area (Å²) in [5, 5.41) is 11.8. The van der Waals surface area contributed by atoms with Gasteiger partial charge in [0.2, 0.25) is 5.88 Å². The first kappa shape index (κ1) is 24.5. The maximum absolute atomic E-state index is 11.9. The van der Waals surface area contributed by atoms with E-state index in [-0.39, 0.29) is 5.75 Å². The van der Waals surface area contributed by atoms with E-state index in [1.54, 1.807) is 30.5 Å². The summed E-state index contributed by atoms with van der Waals surface area (Å²) in [4.78, 5) is 37.8.